The highest BCUT2D eigenvalue weighted by atomic mass is 17.2. The fourth-order valence-corrected chi connectivity index (χ4v) is 3.60. The van der Waals surface area contributed by atoms with Crippen molar-refractivity contribution in [2.75, 3.05) is 6.61 Å². The molecule has 2 aromatic rings. The minimum absolute atomic E-state index is 0.438. The van der Waals surface area contributed by atoms with Crippen LogP contribution in [0.25, 0.3) is 11.1 Å². The fourth-order valence-electron chi connectivity index (χ4n) is 3.60. The van der Waals surface area contributed by atoms with Crippen molar-refractivity contribution in [2.45, 2.75) is 84.0 Å². The number of rotatable bonds is 16. The van der Waals surface area contributed by atoms with Crippen molar-refractivity contribution in [3.63, 3.8) is 0 Å². The highest BCUT2D eigenvalue weighted by Crippen LogP contribution is 2.20. The standard InChI is InChI=1S/C27H38O3/c1-2-3-4-5-6-7-8-9-10-11-12-16-22-29-30-27(28)26-21-17-20-25(23-26)24-18-14-13-15-19-24/h13-15,17-21,23H,2-12,16,22H2,1H3. The van der Waals surface area contributed by atoms with E-state index in [1.807, 2.05) is 48.5 Å². The van der Waals surface area contributed by atoms with E-state index in [0.29, 0.717) is 12.2 Å². The Hall–Kier alpha value is -2.13. The average molecular weight is 411 g/mol. The van der Waals surface area contributed by atoms with Gasteiger partial charge < -0.3 is 0 Å². The van der Waals surface area contributed by atoms with Crippen LogP contribution < -0.4 is 0 Å². The molecule has 0 atom stereocenters. The van der Waals surface area contributed by atoms with Gasteiger partial charge in [-0.05, 0) is 29.7 Å². The molecular weight excluding hydrogens is 372 g/mol. The van der Waals surface area contributed by atoms with Crippen molar-refractivity contribution in [1.82, 2.24) is 0 Å². The third-order valence-electron chi connectivity index (χ3n) is 5.42. The topological polar surface area (TPSA) is 35.5 Å². The lowest BCUT2D eigenvalue weighted by Crippen LogP contribution is -2.07. The summed E-state index contributed by atoms with van der Waals surface area (Å²) in [6, 6.07) is 17.4. The van der Waals surface area contributed by atoms with Gasteiger partial charge in [-0.2, -0.15) is 4.89 Å². The number of hydrogen-bond donors (Lipinski definition) is 0. The van der Waals surface area contributed by atoms with Gasteiger partial charge in [-0.1, -0.05) is 120 Å². The normalized spacial score (nSPS) is 10.8. The van der Waals surface area contributed by atoms with Crippen LogP contribution >= 0.6 is 0 Å². The smallest absolute Gasteiger partial charge is 0.293 e. The first-order valence-corrected chi connectivity index (χ1v) is 11.8. The lowest BCUT2D eigenvalue weighted by molar-refractivity contribution is -0.241. The van der Waals surface area contributed by atoms with Gasteiger partial charge in [-0.25, -0.2) is 4.79 Å². The molecule has 0 heterocycles. The van der Waals surface area contributed by atoms with Gasteiger partial charge in [0.25, 0.3) is 0 Å². The van der Waals surface area contributed by atoms with E-state index in [1.54, 1.807) is 6.07 Å². The van der Waals surface area contributed by atoms with Crippen molar-refractivity contribution in [2.24, 2.45) is 0 Å². The van der Waals surface area contributed by atoms with E-state index in [4.69, 9.17) is 9.78 Å². The van der Waals surface area contributed by atoms with Crippen LogP contribution in [0, 0.1) is 0 Å². The first-order chi connectivity index (χ1) is 14.8. The largest absolute Gasteiger partial charge is 0.373 e. The molecule has 0 unspecified atom stereocenters. The molecule has 0 amide bonds. The van der Waals surface area contributed by atoms with Crippen LogP contribution in [0.15, 0.2) is 54.6 Å². The minimum Gasteiger partial charge on any atom is -0.293 e. The molecule has 0 spiro atoms. The Labute approximate surface area is 182 Å². The molecule has 0 aliphatic rings. The summed E-state index contributed by atoms with van der Waals surface area (Å²) in [6.07, 6.45) is 15.6. The molecule has 2 rings (SSSR count). The van der Waals surface area contributed by atoms with Crippen molar-refractivity contribution < 1.29 is 14.6 Å². The summed E-state index contributed by atoms with van der Waals surface area (Å²) in [5.74, 6) is -0.438. The quantitative estimate of drug-likeness (QED) is 0.159. The number of benzene rings is 2. The molecule has 0 aromatic heterocycles. The molecule has 0 N–H and O–H groups in total. The predicted octanol–water partition coefficient (Wildman–Crippen LogP) is 8.14. The zero-order valence-corrected chi connectivity index (χ0v) is 18.6. The Kier molecular flexibility index (Phi) is 12.6. The van der Waals surface area contributed by atoms with Gasteiger partial charge in [-0.15, -0.1) is 0 Å². The molecule has 0 aliphatic heterocycles. The summed E-state index contributed by atoms with van der Waals surface area (Å²) in [7, 11) is 0. The Morgan fingerprint density at radius 1 is 0.667 bits per heavy atom. The highest BCUT2D eigenvalue weighted by molar-refractivity contribution is 5.90. The molecule has 0 fully saturated rings. The number of carbonyl (C=O) groups excluding carboxylic acids is 1. The van der Waals surface area contributed by atoms with Crippen LogP contribution in [0.5, 0.6) is 0 Å². The number of hydrogen-bond acceptors (Lipinski definition) is 3. The van der Waals surface area contributed by atoms with Crippen LogP contribution in [-0.2, 0) is 9.78 Å². The molecule has 164 valence electrons. The van der Waals surface area contributed by atoms with E-state index >= 15 is 0 Å². The first-order valence-electron chi connectivity index (χ1n) is 11.8. The summed E-state index contributed by atoms with van der Waals surface area (Å²) in [4.78, 5) is 22.3. The highest BCUT2D eigenvalue weighted by Gasteiger charge is 2.09. The van der Waals surface area contributed by atoms with Crippen LogP contribution in [0.2, 0.25) is 0 Å². The molecule has 30 heavy (non-hydrogen) atoms. The third kappa shape index (κ3) is 10.1. The fraction of sp³-hybridized carbons (Fsp3) is 0.519. The summed E-state index contributed by atoms with van der Waals surface area (Å²) in [5.41, 5.74) is 2.57. The summed E-state index contributed by atoms with van der Waals surface area (Å²) in [5, 5.41) is 0. The Morgan fingerprint density at radius 3 is 1.87 bits per heavy atom. The minimum atomic E-state index is -0.438. The van der Waals surface area contributed by atoms with Crippen molar-refractivity contribution in [1.29, 1.82) is 0 Å². The van der Waals surface area contributed by atoms with E-state index in [1.165, 1.54) is 64.2 Å². The maximum absolute atomic E-state index is 12.2. The lowest BCUT2D eigenvalue weighted by atomic mass is 10.0. The molecular formula is C27H38O3. The second-order valence-corrected chi connectivity index (χ2v) is 8.03. The summed E-state index contributed by atoms with van der Waals surface area (Å²) in [6.45, 7) is 2.72. The van der Waals surface area contributed by atoms with E-state index in [0.717, 1.165) is 24.0 Å². The SMILES string of the molecule is CCCCCCCCCCCCCCOOC(=O)c1cccc(-c2ccccc2)c1. The van der Waals surface area contributed by atoms with Gasteiger partial charge in [0.2, 0.25) is 0 Å². The molecule has 0 radical (unpaired) electrons. The van der Waals surface area contributed by atoms with E-state index < -0.39 is 5.97 Å². The van der Waals surface area contributed by atoms with Crippen molar-refractivity contribution in [3.8, 4) is 11.1 Å². The van der Waals surface area contributed by atoms with E-state index in [9.17, 15) is 4.79 Å². The molecule has 0 saturated carbocycles. The van der Waals surface area contributed by atoms with Crippen LogP contribution in [0.4, 0.5) is 0 Å². The molecule has 2 aromatic carbocycles. The zero-order valence-electron chi connectivity index (χ0n) is 18.6. The zero-order chi connectivity index (χ0) is 21.3. The molecule has 3 heteroatoms. The lowest BCUT2D eigenvalue weighted by Gasteiger charge is -2.06. The van der Waals surface area contributed by atoms with Crippen molar-refractivity contribution in [3.05, 3.63) is 60.2 Å². The monoisotopic (exact) mass is 410 g/mol. The number of carbonyl (C=O) groups is 1. The maximum atomic E-state index is 12.2. The van der Waals surface area contributed by atoms with Crippen LogP contribution in [0.1, 0.15) is 94.3 Å². The Balaban J connectivity index is 1.49. The van der Waals surface area contributed by atoms with Gasteiger partial charge in [0.1, 0.15) is 0 Å². The molecule has 0 saturated heterocycles. The van der Waals surface area contributed by atoms with E-state index in [-0.39, 0.29) is 0 Å². The maximum Gasteiger partial charge on any atom is 0.373 e. The van der Waals surface area contributed by atoms with Gasteiger partial charge in [0.15, 0.2) is 0 Å². The van der Waals surface area contributed by atoms with Crippen molar-refractivity contribution >= 4 is 5.97 Å². The van der Waals surface area contributed by atoms with E-state index in [2.05, 4.69) is 6.92 Å². The Bertz CT molecular complexity index is 696. The van der Waals surface area contributed by atoms with Crippen LogP contribution in [0.3, 0.4) is 0 Å². The average Bonchev–Trinajstić information content (AvgIpc) is 2.80. The van der Waals surface area contributed by atoms with Gasteiger partial charge in [0.05, 0.1) is 12.2 Å². The summed E-state index contributed by atoms with van der Waals surface area (Å²) < 4.78 is 0. The second kappa shape index (κ2) is 15.7. The molecule has 3 nitrogen and oxygen atoms in total. The number of unbranched alkanes of at least 4 members (excludes halogenated alkanes) is 11. The van der Waals surface area contributed by atoms with Crippen LogP contribution in [-0.4, -0.2) is 12.6 Å². The van der Waals surface area contributed by atoms with Gasteiger partial charge in [0, 0.05) is 0 Å². The Morgan fingerprint density at radius 2 is 1.23 bits per heavy atom. The van der Waals surface area contributed by atoms with Gasteiger partial charge >= 0.3 is 5.97 Å². The van der Waals surface area contributed by atoms with Gasteiger partial charge in [-0.3, -0.25) is 4.89 Å². The molecule has 0 bridgehead atoms. The third-order valence-corrected chi connectivity index (χ3v) is 5.42. The predicted molar refractivity (Wildman–Crippen MR) is 124 cm³/mol. The second-order valence-electron chi connectivity index (χ2n) is 8.03. The summed E-state index contributed by atoms with van der Waals surface area (Å²) >= 11 is 0. The first kappa shape index (κ1) is 24.1. The molecule has 0 aliphatic carbocycles.